The zero-order valence-corrected chi connectivity index (χ0v) is 16.2. The van der Waals surface area contributed by atoms with E-state index in [4.69, 9.17) is 16.3 Å². The van der Waals surface area contributed by atoms with Crippen molar-refractivity contribution in [2.45, 2.75) is 26.3 Å². The Morgan fingerprint density at radius 1 is 1.46 bits per heavy atom. The van der Waals surface area contributed by atoms with Crippen molar-refractivity contribution in [3.05, 3.63) is 34.6 Å². The van der Waals surface area contributed by atoms with Crippen molar-refractivity contribution in [1.29, 1.82) is 0 Å². The van der Waals surface area contributed by atoms with Gasteiger partial charge in [-0.25, -0.2) is 8.78 Å². The van der Waals surface area contributed by atoms with E-state index in [0.717, 1.165) is 22.2 Å². The van der Waals surface area contributed by atoms with Gasteiger partial charge >= 0.3 is 0 Å². The first-order valence-corrected chi connectivity index (χ1v) is 9.25. The summed E-state index contributed by atoms with van der Waals surface area (Å²) in [6, 6.07) is 3.55. The van der Waals surface area contributed by atoms with Crippen molar-refractivity contribution in [2.75, 3.05) is 13.2 Å². The number of benzene rings is 1. The number of aromatic nitrogens is 3. The second kappa shape index (κ2) is 7.09. The van der Waals surface area contributed by atoms with Crippen LogP contribution in [0.1, 0.15) is 18.2 Å². The van der Waals surface area contributed by atoms with Crippen LogP contribution in [0.2, 0.25) is 5.02 Å². The minimum Gasteiger partial charge on any atom is -0.484 e. The van der Waals surface area contributed by atoms with Gasteiger partial charge in [0.05, 0.1) is 16.2 Å². The van der Waals surface area contributed by atoms with Crippen molar-refractivity contribution >= 4 is 28.4 Å². The fourth-order valence-corrected chi connectivity index (χ4v) is 3.92. The summed E-state index contributed by atoms with van der Waals surface area (Å²) in [7, 11) is 1.81. The number of nitrogens with zero attached hydrogens (tertiary/aromatic N) is 3. The normalized spacial score (nSPS) is 14.0. The molecule has 9 heteroatoms. The number of carbonyl (C=O) groups excluding carboxylic acids is 1. The standard InChI is InChI=1S/C19H19ClF2N4O2/c1-10(27)26-6-4-14-12(8-26)17-11(15-3-5-25(2)24-15)7-13(20)19(18(17)23-14)28-9-16(21)22/h3,5,7,16,23H,4,6,8-9H2,1-2H3. The van der Waals surface area contributed by atoms with Crippen molar-refractivity contribution in [1.82, 2.24) is 19.7 Å². The van der Waals surface area contributed by atoms with Crippen molar-refractivity contribution in [2.24, 2.45) is 7.05 Å². The van der Waals surface area contributed by atoms with Crippen LogP contribution < -0.4 is 4.74 Å². The molecule has 1 aliphatic rings. The molecule has 0 unspecified atom stereocenters. The first kappa shape index (κ1) is 18.7. The molecule has 0 aliphatic carbocycles. The summed E-state index contributed by atoms with van der Waals surface area (Å²) >= 11 is 6.40. The van der Waals surface area contributed by atoms with E-state index in [1.807, 2.05) is 19.3 Å². The van der Waals surface area contributed by atoms with Crippen LogP contribution in [-0.4, -0.2) is 45.1 Å². The van der Waals surface area contributed by atoms with Crippen LogP contribution in [0.15, 0.2) is 18.3 Å². The van der Waals surface area contributed by atoms with E-state index in [-0.39, 0.29) is 16.7 Å². The number of alkyl halides is 2. The highest BCUT2D eigenvalue weighted by Gasteiger charge is 2.27. The minimum atomic E-state index is -2.61. The summed E-state index contributed by atoms with van der Waals surface area (Å²) < 4.78 is 32.5. The maximum atomic E-state index is 12.7. The monoisotopic (exact) mass is 408 g/mol. The number of halogens is 3. The van der Waals surface area contributed by atoms with Gasteiger partial charge in [-0.2, -0.15) is 5.10 Å². The Morgan fingerprint density at radius 3 is 2.89 bits per heavy atom. The summed E-state index contributed by atoms with van der Waals surface area (Å²) in [6.45, 7) is 1.81. The molecule has 0 saturated carbocycles. The summed E-state index contributed by atoms with van der Waals surface area (Å²) in [6.07, 6.45) is -0.159. The van der Waals surface area contributed by atoms with Crippen LogP contribution in [-0.2, 0) is 24.8 Å². The third kappa shape index (κ3) is 3.22. The Kier molecular flexibility index (Phi) is 4.74. The Morgan fingerprint density at radius 2 is 2.25 bits per heavy atom. The first-order chi connectivity index (χ1) is 13.3. The molecule has 28 heavy (non-hydrogen) atoms. The lowest BCUT2D eigenvalue weighted by Gasteiger charge is -2.26. The number of amides is 1. The predicted molar refractivity (Wildman–Crippen MR) is 102 cm³/mol. The summed E-state index contributed by atoms with van der Waals surface area (Å²) in [4.78, 5) is 16.9. The van der Waals surface area contributed by atoms with E-state index < -0.39 is 13.0 Å². The number of ether oxygens (including phenoxy) is 1. The van der Waals surface area contributed by atoms with Crippen LogP contribution in [0.4, 0.5) is 8.78 Å². The third-order valence-electron chi connectivity index (χ3n) is 4.95. The van der Waals surface area contributed by atoms with Gasteiger partial charge in [0.25, 0.3) is 6.43 Å². The number of aromatic amines is 1. The number of hydrogen-bond donors (Lipinski definition) is 1. The minimum absolute atomic E-state index is 0.0116. The largest absolute Gasteiger partial charge is 0.484 e. The molecule has 148 valence electrons. The summed E-state index contributed by atoms with van der Waals surface area (Å²) in [5, 5.41) is 5.49. The maximum Gasteiger partial charge on any atom is 0.272 e. The number of H-pyrrole nitrogens is 1. The molecule has 1 aromatic carbocycles. The van der Waals surface area contributed by atoms with Crippen LogP contribution >= 0.6 is 11.6 Å². The lowest BCUT2D eigenvalue weighted by Crippen LogP contribution is -2.33. The summed E-state index contributed by atoms with van der Waals surface area (Å²) in [5.41, 5.74) is 3.93. The molecule has 0 fully saturated rings. The molecule has 0 atom stereocenters. The zero-order chi connectivity index (χ0) is 20.0. The zero-order valence-electron chi connectivity index (χ0n) is 15.4. The molecule has 4 rings (SSSR count). The van der Waals surface area contributed by atoms with Crippen molar-refractivity contribution in [3.8, 4) is 17.0 Å². The fraction of sp³-hybridized carbons (Fsp3) is 0.368. The Hall–Kier alpha value is -2.61. The number of hydrogen-bond acceptors (Lipinski definition) is 3. The lowest BCUT2D eigenvalue weighted by molar-refractivity contribution is -0.129. The molecule has 3 aromatic rings. The third-order valence-corrected chi connectivity index (χ3v) is 5.23. The van der Waals surface area contributed by atoms with Gasteiger partial charge in [-0.15, -0.1) is 0 Å². The van der Waals surface area contributed by atoms with Gasteiger partial charge in [-0.1, -0.05) is 11.6 Å². The second-order valence-electron chi connectivity index (χ2n) is 6.83. The molecule has 2 aromatic heterocycles. The van der Waals surface area contributed by atoms with Crippen molar-refractivity contribution < 1.29 is 18.3 Å². The van der Waals surface area contributed by atoms with E-state index in [0.29, 0.717) is 30.7 Å². The topological polar surface area (TPSA) is 63.1 Å². The predicted octanol–water partition coefficient (Wildman–Crippen LogP) is 3.77. The Bertz CT molecular complexity index is 1060. The SMILES string of the molecule is CC(=O)N1CCc2[nH]c3c(OCC(F)F)c(Cl)cc(-c4ccn(C)n4)c3c2C1. The molecule has 3 heterocycles. The maximum absolute atomic E-state index is 12.7. The first-order valence-electron chi connectivity index (χ1n) is 8.87. The molecule has 1 aliphatic heterocycles. The van der Waals surface area contributed by atoms with Gasteiger partial charge in [0.1, 0.15) is 6.61 Å². The average molecular weight is 409 g/mol. The van der Waals surface area contributed by atoms with Crippen LogP contribution in [0.3, 0.4) is 0 Å². The second-order valence-corrected chi connectivity index (χ2v) is 7.24. The lowest BCUT2D eigenvalue weighted by atomic mass is 9.98. The molecule has 0 bridgehead atoms. The Labute approximate surface area is 165 Å². The van der Waals surface area contributed by atoms with Gasteiger partial charge in [-0.05, 0) is 12.1 Å². The molecule has 0 saturated heterocycles. The number of fused-ring (bicyclic) bond motifs is 3. The highest BCUT2D eigenvalue weighted by molar-refractivity contribution is 6.34. The molecule has 1 N–H and O–H groups in total. The Balaban J connectivity index is 1.95. The summed E-state index contributed by atoms with van der Waals surface area (Å²) in [5.74, 6) is 0.183. The van der Waals surface area contributed by atoms with E-state index in [2.05, 4.69) is 10.1 Å². The number of carbonyl (C=O) groups is 1. The number of aryl methyl sites for hydroxylation is 1. The molecular formula is C19H19ClF2N4O2. The van der Waals surface area contributed by atoms with Crippen molar-refractivity contribution in [3.63, 3.8) is 0 Å². The quantitative estimate of drug-likeness (QED) is 0.714. The van der Waals surface area contributed by atoms with Crippen LogP contribution in [0.5, 0.6) is 5.75 Å². The molecule has 6 nitrogen and oxygen atoms in total. The van der Waals surface area contributed by atoms with Gasteiger partial charge in [0.15, 0.2) is 5.75 Å². The number of nitrogens with one attached hydrogen (secondary N) is 1. The smallest absolute Gasteiger partial charge is 0.272 e. The highest BCUT2D eigenvalue weighted by Crippen LogP contribution is 2.43. The van der Waals surface area contributed by atoms with E-state index >= 15 is 0 Å². The van der Waals surface area contributed by atoms with Gasteiger partial charge in [0.2, 0.25) is 5.91 Å². The molecular weight excluding hydrogens is 390 g/mol. The van der Waals surface area contributed by atoms with Crippen LogP contribution in [0.25, 0.3) is 22.2 Å². The molecule has 0 radical (unpaired) electrons. The highest BCUT2D eigenvalue weighted by atomic mass is 35.5. The molecule has 1 amide bonds. The van der Waals surface area contributed by atoms with Gasteiger partial charge in [0, 0.05) is 61.9 Å². The van der Waals surface area contributed by atoms with Crippen LogP contribution in [0, 0.1) is 0 Å². The fourth-order valence-electron chi connectivity index (χ4n) is 3.66. The van der Waals surface area contributed by atoms with Gasteiger partial charge < -0.3 is 14.6 Å². The van der Waals surface area contributed by atoms with E-state index in [1.165, 1.54) is 6.92 Å². The molecule has 0 spiro atoms. The van der Waals surface area contributed by atoms with E-state index in [1.54, 1.807) is 15.6 Å². The number of rotatable bonds is 4. The van der Waals surface area contributed by atoms with E-state index in [9.17, 15) is 13.6 Å². The average Bonchev–Trinajstić information content (AvgIpc) is 3.23. The van der Waals surface area contributed by atoms with Gasteiger partial charge in [-0.3, -0.25) is 9.48 Å².